The van der Waals surface area contributed by atoms with Crippen LogP contribution in [-0.2, 0) is 11.3 Å². The Kier molecular flexibility index (Phi) is 10.2. The van der Waals surface area contributed by atoms with Crippen LogP contribution in [0.5, 0.6) is 0 Å². The maximum Gasteiger partial charge on any atom is 0.303 e. The molecule has 1 aromatic heterocycles. The number of para-hydroxylation sites is 1. The van der Waals surface area contributed by atoms with E-state index in [0.717, 1.165) is 19.4 Å². The maximum atomic E-state index is 10.4. The van der Waals surface area contributed by atoms with E-state index in [1.165, 1.54) is 53.7 Å². The fourth-order valence-corrected chi connectivity index (χ4v) is 4.08. The number of thiazole rings is 1. The summed E-state index contributed by atoms with van der Waals surface area (Å²) in [4.78, 5) is 10.4. The summed E-state index contributed by atoms with van der Waals surface area (Å²) in [5.41, 5.74) is 1.37. The van der Waals surface area contributed by atoms with Gasteiger partial charge in [-0.1, -0.05) is 55.6 Å². The lowest BCUT2D eigenvalue weighted by molar-refractivity contribution is -0.673. The van der Waals surface area contributed by atoms with Gasteiger partial charge in [0, 0.05) is 25.8 Å². The number of carboxylic acid groups (broad SMARTS) is 1. The highest BCUT2D eigenvalue weighted by atomic mass is 79.9. The molecule has 2 aromatic rings. The van der Waals surface area contributed by atoms with Crippen LogP contribution in [0, 0.1) is 6.92 Å². The first-order valence-corrected chi connectivity index (χ1v) is 9.60. The second-order valence-corrected chi connectivity index (χ2v) is 7.45. The SMILES string of the molecule is Cc1sc2ccccc2[n+]1CCCCCCCCCCC(=O)O.[Br-]. The third-order valence-electron chi connectivity index (χ3n) is 4.32. The Hall–Kier alpha value is -0.940. The lowest BCUT2D eigenvalue weighted by atomic mass is 10.1. The smallest absolute Gasteiger partial charge is 0.303 e. The number of hydrogen-bond acceptors (Lipinski definition) is 2. The molecule has 0 bridgehead atoms. The number of aliphatic carboxylic acids is 1. The van der Waals surface area contributed by atoms with E-state index in [1.807, 2.05) is 11.3 Å². The van der Waals surface area contributed by atoms with Crippen molar-refractivity contribution in [3.63, 3.8) is 0 Å². The van der Waals surface area contributed by atoms with E-state index >= 15 is 0 Å². The zero-order chi connectivity index (χ0) is 16.5. The second kappa shape index (κ2) is 11.6. The third-order valence-corrected chi connectivity index (χ3v) is 5.40. The first-order valence-electron chi connectivity index (χ1n) is 8.78. The van der Waals surface area contributed by atoms with E-state index in [2.05, 4.69) is 35.8 Å². The highest BCUT2D eigenvalue weighted by Crippen LogP contribution is 2.19. The van der Waals surface area contributed by atoms with Crippen molar-refractivity contribution in [1.82, 2.24) is 0 Å². The molecule has 0 saturated carbocycles. The van der Waals surface area contributed by atoms with Crippen molar-refractivity contribution in [1.29, 1.82) is 0 Å². The van der Waals surface area contributed by atoms with Gasteiger partial charge in [0.05, 0.1) is 0 Å². The zero-order valence-corrected chi connectivity index (χ0v) is 16.9. The van der Waals surface area contributed by atoms with Crippen LogP contribution >= 0.6 is 11.3 Å². The molecule has 24 heavy (non-hydrogen) atoms. The number of carbonyl (C=O) groups is 1. The van der Waals surface area contributed by atoms with Gasteiger partial charge in [-0.15, -0.1) is 0 Å². The van der Waals surface area contributed by atoms with Crippen molar-refractivity contribution in [3.8, 4) is 0 Å². The lowest BCUT2D eigenvalue weighted by Gasteiger charge is -2.01. The molecule has 2 rings (SSSR count). The molecule has 3 nitrogen and oxygen atoms in total. The van der Waals surface area contributed by atoms with E-state index < -0.39 is 5.97 Å². The Bertz CT molecular complexity index is 627. The first-order chi connectivity index (χ1) is 11.2. The van der Waals surface area contributed by atoms with Crippen molar-refractivity contribution in [2.75, 3.05) is 0 Å². The summed E-state index contributed by atoms with van der Waals surface area (Å²) < 4.78 is 3.83. The van der Waals surface area contributed by atoms with E-state index in [1.54, 1.807) is 0 Å². The monoisotopic (exact) mass is 413 g/mol. The van der Waals surface area contributed by atoms with Crippen LogP contribution < -0.4 is 21.5 Å². The molecule has 0 spiro atoms. The Balaban J connectivity index is 0.00000288. The van der Waals surface area contributed by atoms with Crippen LogP contribution in [0.25, 0.3) is 10.2 Å². The molecule has 0 aliphatic carbocycles. The fraction of sp³-hybridized carbons (Fsp3) is 0.579. The number of nitrogens with zero attached hydrogens (tertiary/aromatic N) is 1. The number of benzene rings is 1. The van der Waals surface area contributed by atoms with Crippen LogP contribution in [-0.4, -0.2) is 11.1 Å². The summed E-state index contributed by atoms with van der Waals surface area (Å²) in [6, 6.07) is 8.65. The molecule has 0 saturated heterocycles. The van der Waals surface area contributed by atoms with Crippen LogP contribution in [0.3, 0.4) is 0 Å². The third kappa shape index (κ3) is 6.89. The van der Waals surface area contributed by atoms with Gasteiger partial charge in [-0.3, -0.25) is 4.79 Å². The largest absolute Gasteiger partial charge is 1.00 e. The minimum Gasteiger partial charge on any atom is -1.00 e. The average Bonchev–Trinajstić information content (AvgIpc) is 2.84. The van der Waals surface area contributed by atoms with Gasteiger partial charge in [0.15, 0.2) is 0 Å². The fourth-order valence-electron chi connectivity index (χ4n) is 3.04. The van der Waals surface area contributed by atoms with Crippen molar-refractivity contribution in [2.45, 2.75) is 71.3 Å². The molecule has 0 fully saturated rings. The van der Waals surface area contributed by atoms with Crippen LogP contribution in [0.4, 0.5) is 0 Å². The number of aryl methyl sites for hydroxylation is 2. The molecular weight excluding hydrogens is 386 g/mol. The number of rotatable bonds is 11. The number of aromatic nitrogens is 1. The molecule has 0 atom stereocenters. The highest BCUT2D eigenvalue weighted by molar-refractivity contribution is 7.18. The molecule has 0 radical (unpaired) electrons. The summed E-state index contributed by atoms with van der Waals surface area (Å²) >= 11 is 1.88. The van der Waals surface area contributed by atoms with E-state index in [9.17, 15) is 4.79 Å². The predicted octanol–water partition coefficient (Wildman–Crippen LogP) is 2.10. The van der Waals surface area contributed by atoms with Crippen LogP contribution in [0.15, 0.2) is 24.3 Å². The van der Waals surface area contributed by atoms with Crippen molar-refractivity contribution < 1.29 is 31.4 Å². The highest BCUT2D eigenvalue weighted by Gasteiger charge is 2.15. The molecule has 0 unspecified atom stereocenters. The van der Waals surface area contributed by atoms with Gasteiger partial charge in [0.25, 0.3) is 0 Å². The van der Waals surface area contributed by atoms with Gasteiger partial charge in [0.2, 0.25) is 10.5 Å². The summed E-state index contributed by atoms with van der Waals surface area (Å²) in [6.45, 7) is 3.33. The number of carboxylic acids is 1. The normalized spacial score (nSPS) is 10.7. The second-order valence-electron chi connectivity index (χ2n) is 6.21. The predicted molar refractivity (Wildman–Crippen MR) is 95.9 cm³/mol. The van der Waals surface area contributed by atoms with Crippen molar-refractivity contribution >= 4 is 27.5 Å². The molecule has 1 aromatic carbocycles. The van der Waals surface area contributed by atoms with E-state index in [-0.39, 0.29) is 17.0 Å². The lowest BCUT2D eigenvalue weighted by Crippen LogP contribution is -3.00. The van der Waals surface area contributed by atoms with Gasteiger partial charge in [0.1, 0.15) is 11.2 Å². The Labute approximate surface area is 159 Å². The van der Waals surface area contributed by atoms with E-state index in [0.29, 0.717) is 6.42 Å². The summed E-state index contributed by atoms with van der Waals surface area (Å²) in [5.74, 6) is -0.668. The van der Waals surface area contributed by atoms with Crippen LogP contribution in [0.2, 0.25) is 0 Å². The Morgan fingerprint density at radius 2 is 1.58 bits per heavy atom. The van der Waals surface area contributed by atoms with Crippen molar-refractivity contribution in [3.05, 3.63) is 29.3 Å². The number of unbranched alkanes of at least 4 members (excludes halogenated alkanes) is 7. The molecule has 1 N–H and O–H groups in total. The number of fused-ring (bicyclic) bond motifs is 1. The molecule has 0 aliphatic rings. The van der Waals surface area contributed by atoms with Gasteiger partial charge < -0.3 is 22.1 Å². The van der Waals surface area contributed by atoms with E-state index in [4.69, 9.17) is 5.11 Å². The molecule has 0 amide bonds. The Morgan fingerprint density at radius 3 is 2.25 bits per heavy atom. The topological polar surface area (TPSA) is 41.2 Å². The average molecular weight is 414 g/mol. The van der Waals surface area contributed by atoms with Crippen molar-refractivity contribution in [2.24, 2.45) is 0 Å². The maximum absolute atomic E-state index is 10.4. The quantitative estimate of drug-likeness (QED) is 0.452. The molecule has 1 heterocycles. The number of halogens is 1. The van der Waals surface area contributed by atoms with Gasteiger partial charge in [-0.25, -0.2) is 0 Å². The molecule has 0 aliphatic heterocycles. The molecular formula is C19H28BrNO2S. The zero-order valence-electron chi connectivity index (χ0n) is 14.5. The minimum atomic E-state index is -0.668. The minimum absolute atomic E-state index is 0. The first kappa shape index (κ1) is 21.1. The number of hydrogen-bond donors (Lipinski definition) is 1. The van der Waals surface area contributed by atoms with Gasteiger partial charge in [-0.2, -0.15) is 4.57 Å². The standard InChI is InChI=1S/C19H27NO2S.BrH/c1-16-20(17-12-9-10-13-18(17)23-16)15-11-7-5-3-2-4-6-8-14-19(21)22;/h9-10,12-13H,2-8,11,14-15H2,1H3;1H. The summed E-state index contributed by atoms with van der Waals surface area (Å²) in [6.07, 6.45) is 9.73. The Morgan fingerprint density at radius 1 is 1.00 bits per heavy atom. The molecule has 5 heteroatoms. The van der Waals surface area contributed by atoms with Crippen LogP contribution in [0.1, 0.15) is 62.8 Å². The summed E-state index contributed by atoms with van der Waals surface area (Å²) in [7, 11) is 0. The molecule has 134 valence electrons. The summed E-state index contributed by atoms with van der Waals surface area (Å²) in [5, 5.41) is 9.97. The van der Waals surface area contributed by atoms with Gasteiger partial charge >= 0.3 is 5.97 Å². The van der Waals surface area contributed by atoms with Gasteiger partial charge in [-0.05, 0) is 18.9 Å².